The van der Waals surface area contributed by atoms with Crippen molar-refractivity contribution in [2.45, 2.75) is 5.88 Å². The van der Waals surface area contributed by atoms with Gasteiger partial charge in [-0.1, -0.05) is 0 Å². The third-order valence-corrected chi connectivity index (χ3v) is 2.71. The van der Waals surface area contributed by atoms with Crippen molar-refractivity contribution in [3.05, 3.63) is 36.9 Å². The summed E-state index contributed by atoms with van der Waals surface area (Å²) < 4.78 is 0.433. The van der Waals surface area contributed by atoms with Crippen LogP contribution in [0, 0.1) is 25.0 Å². The quantitative estimate of drug-likeness (QED) is 0.364. The highest BCUT2D eigenvalue weighted by Gasteiger charge is 2.19. The predicted octanol–water partition coefficient (Wildman–Crippen LogP) is 2.81. The summed E-state index contributed by atoms with van der Waals surface area (Å²) in [6.45, 7) is 0. The fourth-order valence-corrected chi connectivity index (χ4v) is 2.04. The van der Waals surface area contributed by atoms with Gasteiger partial charge in [0.2, 0.25) is 0 Å². The van der Waals surface area contributed by atoms with Gasteiger partial charge in [0.25, 0.3) is 5.69 Å². The van der Waals surface area contributed by atoms with Crippen molar-refractivity contribution in [3.63, 3.8) is 0 Å². The van der Waals surface area contributed by atoms with Gasteiger partial charge in [0.05, 0.1) is 8.49 Å². The molecule has 0 N–H and O–H groups in total. The number of nitro benzene ring substituents is 1. The Bertz CT molecular complexity index is 428. The van der Waals surface area contributed by atoms with Crippen molar-refractivity contribution in [1.82, 2.24) is 0 Å². The summed E-state index contributed by atoms with van der Waals surface area (Å²) in [5.41, 5.74) is 0.609. The Morgan fingerprint density at radius 1 is 1.64 bits per heavy atom. The second-order valence-electron chi connectivity index (χ2n) is 2.48. The Morgan fingerprint density at radius 2 is 2.29 bits per heavy atom. The molecule has 6 heteroatoms. The molecule has 72 valence electrons. The topological polar surface area (TPSA) is 66.9 Å². The van der Waals surface area contributed by atoms with Crippen molar-refractivity contribution in [3.8, 4) is 6.07 Å². The molecule has 0 heterocycles. The van der Waals surface area contributed by atoms with Gasteiger partial charge >= 0.3 is 0 Å². The molecule has 0 unspecified atom stereocenters. The lowest BCUT2D eigenvalue weighted by molar-refractivity contribution is -0.386. The lowest BCUT2D eigenvalue weighted by Gasteiger charge is -2.00. The molecule has 0 aromatic heterocycles. The van der Waals surface area contributed by atoms with Crippen molar-refractivity contribution >= 4 is 39.9 Å². The van der Waals surface area contributed by atoms with E-state index in [9.17, 15) is 10.1 Å². The van der Waals surface area contributed by atoms with Crippen molar-refractivity contribution < 1.29 is 4.92 Å². The van der Waals surface area contributed by atoms with Crippen LogP contribution in [0.4, 0.5) is 5.69 Å². The van der Waals surface area contributed by atoms with E-state index in [1.165, 1.54) is 6.07 Å². The van der Waals surface area contributed by atoms with E-state index >= 15 is 0 Å². The lowest BCUT2D eigenvalue weighted by Crippen LogP contribution is -1.97. The first kappa shape index (κ1) is 11.2. The molecule has 0 atom stereocenters. The fraction of sp³-hybridized carbons (Fsp3) is 0.125. The molecule has 0 fully saturated rings. The van der Waals surface area contributed by atoms with Gasteiger partial charge < -0.3 is 0 Å². The monoisotopic (exact) mass is 322 g/mol. The first-order valence-electron chi connectivity index (χ1n) is 3.53. The van der Waals surface area contributed by atoms with E-state index in [0.717, 1.165) is 0 Å². The summed E-state index contributed by atoms with van der Waals surface area (Å²) in [5.74, 6) is 0.239. The van der Waals surface area contributed by atoms with Crippen LogP contribution >= 0.6 is 34.2 Å². The molecule has 14 heavy (non-hydrogen) atoms. The van der Waals surface area contributed by atoms with Crippen molar-refractivity contribution in [2.24, 2.45) is 0 Å². The van der Waals surface area contributed by atoms with Crippen LogP contribution in [0.3, 0.4) is 0 Å². The van der Waals surface area contributed by atoms with E-state index < -0.39 is 4.92 Å². The third kappa shape index (κ3) is 2.13. The second kappa shape index (κ2) is 4.57. The summed E-state index contributed by atoms with van der Waals surface area (Å²) in [4.78, 5) is 10.1. The summed E-state index contributed by atoms with van der Waals surface area (Å²) in [5, 5.41) is 19.3. The van der Waals surface area contributed by atoms with Crippen LogP contribution in [0.2, 0.25) is 0 Å². The summed E-state index contributed by atoms with van der Waals surface area (Å²) in [6, 6.07) is 4.83. The van der Waals surface area contributed by atoms with Gasteiger partial charge in [0.15, 0.2) is 0 Å². The molecule has 0 aliphatic heterocycles. The van der Waals surface area contributed by atoms with E-state index in [1.54, 1.807) is 12.1 Å². The normalized spacial score (nSPS) is 9.50. The van der Waals surface area contributed by atoms with Crippen LogP contribution < -0.4 is 0 Å². The number of hydrogen-bond acceptors (Lipinski definition) is 3. The van der Waals surface area contributed by atoms with Gasteiger partial charge in [-0.3, -0.25) is 10.1 Å². The first-order chi connectivity index (χ1) is 6.60. The molecule has 0 amide bonds. The highest BCUT2D eigenvalue weighted by molar-refractivity contribution is 14.1. The van der Waals surface area contributed by atoms with Gasteiger partial charge in [0, 0.05) is 5.88 Å². The van der Waals surface area contributed by atoms with E-state index in [0.29, 0.717) is 9.13 Å². The molecule has 1 aromatic carbocycles. The smallest absolute Gasteiger partial charge is 0.258 e. The highest BCUT2D eigenvalue weighted by Crippen LogP contribution is 2.27. The second-order valence-corrected chi connectivity index (χ2v) is 3.91. The summed E-state index contributed by atoms with van der Waals surface area (Å²) >= 11 is 7.40. The molecule has 0 radical (unpaired) electrons. The zero-order chi connectivity index (χ0) is 10.7. The number of nitrogens with zero attached hydrogens (tertiary/aromatic N) is 2. The maximum atomic E-state index is 10.6. The standard InChI is InChI=1S/C8H4ClIN2O2/c9-3-5-1-6(4-11)8(12(13)14)7(10)2-5/h1-2H,3H2. The largest absolute Gasteiger partial charge is 0.300 e. The number of rotatable bonds is 2. The zero-order valence-corrected chi connectivity index (χ0v) is 9.74. The lowest BCUT2D eigenvalue weighted by atomic mass is 10.1. The van der Waals surface area contributed by atoms with Crippen LogP contribution in [0.25, 0.3) is 0 Å². The Hall–Kier alpha value is -0.870. The molecular weight excluding hydrogens is 318 g/mol. The number of hydrogen-bond donors (Lipinski definition) is 0. The number of benzene rings is 1. The number of halogens is 2. The Kier molecular flexibility index (Phi) is 3.66. The van der Waals surface area contributed by atoms with E-state index in [1.807, 2.05) is 22.6 Å². The summed E-state index contributed by atoms with van der Waals surface area (Å²) in [6.07, 6.45) is 0. The van der Waals surface area contributed by atoms with Gasteiger partial charge in [0.1, 0.15) is 11.6 Å². The van der Waals surface area contributed by atoms with Crippen molar-refractivity contribution in [1.29, 1.82) is 5.26 Å². The highest BCUT2D eigenvalue weighted by atomic mass is 127. The van der Waals surface area contributed by atoms with Gasteiger partial charge in [-0.15, -0.1) is 11.6 Å². The van der Waals surface area contributed by atoms with Crippen LogP contribution in [-0.2, 0) is 5.88 Å². The first-order valence-corrected chi connectivity index (χ1v) is 5.14. The minimum Gasteiger partial charge on any atom is -0.258 e. The van der Waals surface area contributed by atoms with E-state index in [2.05, 4.69) is 0 Å². The number of alkyl halides is 1. The summed E-state index contributed by atoms with van der Waals surface area (Å²) in [7, 11) is 0. The SMILES string of the molecule is N#Cc1cc(CCl)cc(I)c1[N+](=O)[O-]. The maximum Gasteiger partial charge on any atom is 0.300 e. The number of nitriles is 1. The van der Waals surface area contributed by atoms with Gasteiger partial charge in [-0.2, -0.15) is 5.26 Å². The zero-order valence-electron chi connectivity index (χ0n) is 6.83. The third-order valence-electron chi connectivity index (χ3n) is 1.58. The average molecular weight is 322 g/mol. The Morgan fingerprint density at radius 3 is 2.71 bits per heavy atom. The molecule has 1 rings (SSSR count). The maximum absolute atomic E-state index is 10.6. The van der Waals surface area contributed by atoms with Gasteiger partial charge in [-0.25, -0.2) is 0 Å². The Labute approximate surface area is 98.8 Å². The molecule has 0 aliphatic rings. The van der Waals surface area contributed by atoms with Gasteiger partial charge in [-0.05, 0) is 40.3 Å². The molecule has 1 aromatic rings. The van der Waals surface area contributed by atoms with E-state index in [4.69, 9.17) is 16.9 Å². The predicted molar refractivity (Wildman–Crippen MR) is 60.1 cm³/mol. The molecule has 0 bridgehead atoms. The van der Waals surface area contributed by atoms with Crippen LogP contribution in [0.15, 0.2) is 12.1 Å². The average Bonchev–Trinajstić information content (AvgIpc) is 2.15. The molecule has 0 saturated carbocycles. The van der Waals surface area contributed by atoms with Crippen LogP contribution in [-0.4, -0.2) is 4.92 Å². The molecule has 0 spiro atoms. The molecule has 0 saturated heterocycles. The molecular formula is C8H4ClIN2O2. The van der Waals surface area contributed by atoms with E-state index in [-0.39, 0.29) is 17.1 Å². The number of nitro groups is 1. The van der Waals surface area contributed by atoms with Crippen LogP contribution in [0.1, 0.15) is 11.1 Å². The van der Waals surface area contributed by atoms with Crippen molar-refractivity contribution in [2.75, 3.05) is 0 Å². The molecule has 4 nitrogen and oxygen atoms in total. The fourth-order valence-electron chi connectivity index (χ4n) is 1.00. The molecule has 0 aliphatic carbocycles. The van der Waals surface area contributed by atoms with Crippen LogP contribution in [0.5, 0.6) is 0 Å². The minimum atomic E-state index is -0.557. The Balaban J connectivity index is 3.44. The minimum absolute atomic E-state index is 0.0533.